The normalized spacial score (nSPS) is 15.4. The van der Waals surface area contributed by atoms with E-state index in [4.69, 9.17) is 5.26 Å². The Kier molecular flexibility index (Phi) is 3.65. The van der Waals surface area contributed by atoms with E-state index in [1.54, 1.807) is 10.9 Å². The van der Waals surface area contributed by atoms with Crippen molar-refractivity contribution in [2.24, 2.45) is 5.92 Å². The second-order valence-corrected chi connectivity index (χ2v) is 5.62. The summed E-state index contributed by atoms with van der Waals surface area (Å²) in [6.45, 7) is 0.779. The van der Waals surface area contributed by atoms with Crippen LogP contribution in [-0.4, -0.2) is 9.78 Å². The van der Waals surface area contributed by atoms with Gasteiger partial charge in [0.1, 0.15) is 0 Å². The summed E-state index contributed by atoms with van der Waals surface area (Å²) in [6, 6.07) is 5.10. The van der Waals surface area contributed by atoms with E-state index in [1.165, 1.54) is 31.5 Å². The zero-order valence-corrected chi connectivity index (χ0v) is 11.8. The highest BCUT2D eigenvalue weighted by Crippen LogP contribution is 2.34. The maximum absolute atomic E-state index is 12.8. The lowest BCUT2D eigenvalue weighted by Crippen LogP contribution is -2.18. The van der Waals surface area contributed by atoms with Crippen LogP contribution in [-0.2, 0) is 12.7 Å². The number of aromatic nitrogens is 2. The molecule has 0 unspecified atom stereocenters. The van der Waals surface area contributed by atoms with Gasteiger partial charge in [-0.2, -0.15) is 23.5 Å². The Morgan fingerprint density at radius 1 is 1.32 bits per heavy atom. The van der Waals surface area contributed by atoms with Crippen LogP contribution in [0.5, 0.6) is 0 Å². The molecule has 0 aliphatic heterocycles. The molecular formula is C16H14F3N3. The third-order valence-corrected chi connectivity index (χ3v) is 4.08. The molecule has 1 aliphatic rings. The Bertz CT molecular complexity index is 721. The number of hydrogen-bond donors (Lipinski definition) is 0. The molecule has 6 heteroatoms. The van der Waals surface area contributed by atoms with Crippen molar-refractivity contribution in [3.05, 3.63) is 41.7 Å². The molecular weight excluding hydrogens is 291 g/mol. The molecule has 3 nitrogen and oxygen atoms in total. The fourth-order valence-corrected chi connectivity index (χ4v) is 2.60. The van der Waals surface area contributed by atoms with E-state index < -0.39 is 11.7 Å². The van der Waals surface area contributed by atoms with Crippen molar-refractivity contribution >= 4 is 0 Å². The summed E-state index contributed by atoms with van der Waals surface area (Å²) in [6.07, 6.45) is 2.38. The quantitative estimate of drug-likeness (QED) is 0.851. The van der Waals surface area contributed by atoms with Gasteiger partial charge in [0.05, 0.1) is 23.4 Å². The molecule has 0 atom stereocenters. The van der Waals surface area contributed by atoms with Gasteiger partial charge in [-0.25, -0.2) is 0 Å². The summed E-state index contributed by atoms with van der Waals surface area (Å²) in [5, 5.41) is 13.3. The summed E-state index contributed by atoms with van der Waals surface area (Å²) >= 11 is 0. The zero-order valence-electron chi connectivity index (χ0n) is 11.8. The maximum atomic E-state index is 12.8. The fourth-order valence-electron chi connectivity index (χ4n) is 2.60. The molecule has 0 bridgehead atoms. The summed E-state index contributed by atoms with van der Waals surface area (Å²) in [5.41, 5.74) is 0.281. The Labute approximate surface area is 126 Å². The van der Waals surface area contributed by atoms with Crippen molar-refractivity contribution in [1.29, 1.82) is 5.26 Å². The van der Waals surface area contributed by atoms with Crippen molar-refractivity contribution in [2.45, 2.75) is 32.0 Å². The first-order valence-corrected chi connectivity index (χ1v) is 7.11. The number of alkyl halides is 3. The van der Waals surface area contributed by atoms with E-state index in [0.29, 0.717) is 11.5 Å². The lowest BCUT2D eigenvalue weighted by atomic mass is 9.85. The molecule has 1 aromatic carbocycles. The van der Waals surface area contributed by atoms with Crippen LogP contribution in [0.2, 0.25) is 0 Å². The molecule has 1 aliphatic carbocycles. The molecule has 1 fully saturated rings. The topological polar surface area (TPSA) is 41.6 Å². The van der Waals surface area contributed by atoms with Gasteiger partial charge in [0, 0.05) is 23.9 Å². The highest BCUT2D eigenvalue weighted by Gasteiger charge is 2.31. The highest BCUT2D eigenvalue weighted by atomic mass is 19.4. The summed E-state index contributed by atoms with van der Waals surface area (Å²) in [5.74, 6) is 0.602. The van der Waals surface area contributed by atoms with E-state index in [2.05, 4.69) is 5.10 Å². The predicted octanol–water partition coefficient (Wildman–Crippen LogP) is 4.24. The van der Waals surface area contributed by atoms with Gasteiger partial charge >= 0.3 is 6.18 Å². The van der Waals surface area contributed by atoms with E-state index in [9.17, 15) is 13.2 Å². The maximum Gasteiger partial charge on any atom is 0.416 e. The van der Waals surface area contributed by atoms with Crippen LogP contribution in [0.3, 0.4) is 0 Å². The SMILES string of the molecule is N#Cc1ccc(C(F)(F)F)cc1-c1cnn(CC2CCC2)c1. The fraction of sp³-hybridized carbons (Fsp3) is 0.375. The minimum Gasteiger partial charge on any atom is -0.272 e. The molecule has 3 rings (SSSR count). The third-order valence-electron chi connectivity index (χ3n) is 4.08. The van der Waals surface area contributed by atoms with E-state index in [1.807, 2.05) is 6.07 Å². The second-order valence-electron chi connectivity index (χ2n) is 5.62. The zero-order chi connectivity index (χ0) is 15.7. The summed E-state index contributed by atoms with van der Waals surface area (Å²) < 4.78 is 40.3. The van der Waals surface area contributed by atoms with Crippen LogP contribution < -0.4 is 0 Å². The van der Waals surface area contributed by atoms with Crippen molar-refractivity contribution in [3.8, 4) is 17.2 Å². The molecule has 2 aromatic rings. The van der Waals surface area contributed by atoms with Crippen molar-refractivity contribution in [3.63, 3.8) is 0 Å². The minimum absolute atomic E-state index is 0.219. The Hall–Kier alpha value is -2.29. The van der Waals surface area contributed by atoms with Crippen LogP contribution in [0, 0.1) is 17.2 Å². The lowest BCUT2D eigenvalue weighted by Gasteiger charge is -2.24. The van der Waals surface area contributed by atoms with Crippen molar-refractivity contribution in [1.82, 2.24) is 9.78 Å². The third kappa shape index (κ3) is 2.84. The monoisotopic (exact) mass is 305 g/mol. The highest BCUT2D eigenvalue weighted by molar-refractivity contribution is 5.70. The van der Waals surface area contributed by atoms with Crippen LogP contribution in [0.15, 0.2) is 30.6 Å². The van der Waals surface area contributed by atoms with Crippen LogP contribution in [0.4, 0.5) is 13.2 Å². The van der Waals surface area contributed by atoms with Gasteiger partial charge < -0.3 is 0 Å². The number of benzene rings is 1. The van der Waals surface area contributed by atoms with Gasteiger partial charge in [0.2, 0.25) is 0 Å². The molecule has 0 N–H and O–H groups in total. The Morgan fingerprint density at radius 3 is 2.68 bits per heavy atom. The standard InChI is InChI=1S/C16H14F3N3/c17-16(18,19)14-5-4-12(7-20)15(6-14)13-8-21-22(10-13)9-11-2-1-3-11/h4-6,8,10-11H,1-3,9H2. The number of nitriles is 1. The minimum atomic E-state index is -4.43. The number of hydrogen-bond acceptors (Lipinski definition) is 2. The van der Waals surface area contributed by atoms with Crippen LogP contribution >= 0.6 is 0 Å². The largest absolute Gasteiger partial charge is 0.416 e. The number of rotatable bonds is 3. The average molecular weight is 305 g/mol. The molecule has 0 amide bonds. The van der Waals surface area contributed by atoms with Crippen LogP contribution in [0.1, 0.15) is 30.4 Å². The molecule has 0 radical (unpaired) electrons. The molecule has 1 aromatic heterocycles. The molecule has 0 saturated heterocycles. The van der Waals surface area contributed by atoms with Gasteiger partial charge in [0.25, 0.3) is 0 Å². The Morgan fingerprint density at radius 2 is 2.09 bits per heavy atom. The van der Waals surface area contributed by atoms with Gasteiger partial charge in [0.15, 0.2) is 0 Å². The van der Waals surface area contributed by atoms with E-state index >= 15 is 0 Å². The predicted molar refractivity (Wildman–Crippen MR) is 74.7 cm³/mol. The Balaban J connectivity index is 1.94. The average Bonchev–Trinajstić information content (AvgIpc) is 2.89. The van der Waals surface area contributed by atoms with Gasteiger partial charge in [-0.15, -0.1) is 0 Å². The van der Waals surface area contributed by atoms with Crippen molar-refractivity contribution < 1.29 is 13.2 Å². The molecule has 22 heavy (non-hydrogen) atoms. The van der Waals surface area contributed by atoms with Gasteiger partial charge in [-0.3, -0.25) is 4.68 Å². The van der Waals surface area contributed by atoms with Gasteiger partial charge in [-0.05, 0) is 37.0 Å². The molecule has 1 heterocycles. The first-order chi connectivity index (χ1) is 10.5. The number of nitrogens with zero attached hydrogens (tertiary/aromatic N) is 3. The smallest absolute Gasteiger partial charge is 0.272 e. The first kappa shape index (κ1) is 14.6. The lowest BCUT2D eigenvalue weighted by molar-refractivity contribution is -0.137. The molecule has 1 saturated carbocycles. The van der Waals surface area contributed by atoms with Crippen LogP contribution in [0.25, 0.3) is 11.1 Å². The molecule has 114 valence electrons. The van der Waals surface area contributed by atoms with E-state index in [-0.39, 0.29) is 11.1 Å². The molecule has 0 spiro atoms. The van der Waals surface area contributed by atoms with E-state index in [0.717, 1.165) is 18.7 Å². The first-order valence-electron chi connectivity index (χ1n) is 7.11. The summed E-state index contributed by atoms with van der Waals surface area (Å²) in [7, 11) is 0. The second kappa shape index (κ2) is 5.48. The van der Waals surface area contributed by atoms with Crippen molar-refractivity contribution in [2.75, 3.05) is 0 Å². The van der Waals surface area contributed by atoms with Gasteiger partial charge in [-0.1, -0.05) is 6.42 Å². The number of halogens is 3. The summed E-state index contributed by atoms with van der Waals surface area (Å²) in [4.78, 5) is 0.